The second-order valence-corrected chi connectivity index (χ2v) is 19.9. The Bertz CT molecular complexity index is 2110. The average molecular weight is 1160 g/mol. The number of rotatable bonds is 28. The summed E-state index contributed by atoms with van der Waals surface area (Å²) in [5.74, 6) is 0. The number of hydrogen-bond donors (Lipinski definition) is 0. The zero-order valence-corrected chi connectivity index (χ0v) is 51.8. The average Bonchev–Trinajstić information content (AvgIpc) is 4.20. The number of hydrogen-bond acceptors (Lipinski definition) is 0. The molecule has 8 rings (SSSR count). The van der Waals surface area contributed by atoms with Gasteiger partial charge in [0.1, 0.15) is 0 Å². The van der Waals surface area contributed by atoms with E-state index in [0.717, 1.165) is 0 Å². The van der Waals surface area contributed by atoms with Crippen LogP contribution in [0.1, 0.15) is 204 Å². The van der Waals surface area contributed by atoms with Gasteiger partial charge >= 0.3 is 52.4 Å². The Morgan fingerprint density at radius 3 is 0.625 bits per heavy atom. The minimum atomic E-state index is 0. The van der Waals surface area contributed by atoms with Gasteiger partial charge in [0.2, 0.25) is 0 Å². The van der Waals surface area contributed by atoms with Crippen molar-refractivity contribution in [2.24, 2.45) is 0 Å². The van der Waals surface area contributed by atoms with Crippen molar-refractivity contribution < 1.29 is 77.2 Å². The van der Waals surface area contributed by atoms with Gasteiger partial charge in [-0.25, -0.2) is 0 Å². The summed E-state index contributed by atoms with van der Waals surface area (Å²) < 4.78 is 0. The second-order valence-electron chi connectivity index (χ2n) is 19.9. The molecule has 0 aliphatic carbocycles. The van der Waals surface area contributed by atoms with E-state index in [1.54, 1.807) is 0 Å². The molecule has 4 heteroatoms. The summed E-state index contributed by atoms with van der Waals surface area (Å²) in [7, 11) is 0. The van der Waals surface area contributed by atoms with E-state index >= 15 is 0 Å². The molecule has 0 spiro atoms. The quantitative estimate of drug-likeness (QED) is 0.0339. The maximum atomic E-state index is 2.30. The van der Waals surface area contributed by atoms with Crippen LogP contribution >= 0.6 is 0 Å². The van der Waals surface area contributed by atoms with Gasteiger partial charge in [-0.3, -0.25) is 0 Å². The third-order valence-corrected chi connectivity index (χ3v) is 14.3. The second kappa shape index (κ2) is 42.8. The van der Waals surface area contributed by atoms with Crippen molar-refractivity contribution in [2.75, 3.05) is 0 Å². The van der Waals surface area contributed by atoms with Crippen molar-refractivity contribution in [3.8, 4) is 0 Å². The summed E-state index contributed by atoms with van der Waals surface area (Å²) in [5.41, 5.74) is 6.15. The van der Waals surface area contributed by atoms with Gasteiger partial charge in [0.15, 0.2) is 0 Å². The molecule has 0 heterocycles. The first kappa shape index (κ1) is 67.7. The molecule has 0 bridgehead atoms. The van der Waals surface area contributed by atoms with Gasteiger partial charge in [-0.1, -0.05) is 232 Å². The molecule has 0 saturated heterocycles. The van der Waals surface area contributed by atoms with E-state index in [0.29, 0.717) is 0 Å². The molecule has 8 aromatic carbocycles. The van der Waals surface area contributed by atoms with Crippen LogP contribution in [0.2, 0.25) is 0 Å². The number of benzene rings is 4. The summed E-state index contributed by atoms with van der Waals surface area (Å²) >= 11 is 0. The third kappa shape index (κ3) is 25.0. The largest absolute Gasteiger partial charge is 2.00 e. The van der Waals surface area contributed by atoms with E-state index in [1.165, 1.54) is 245 Å². The molecule has 72 heavy (non-hydrogen) atoms. The van der Waals surface area contributed by atoms with Gasteiger partial charge in [-0.15, -0.1) is 162 Å². The predicted molar refractivity (Wildman–Crippen MR) is 306 cm³/mol. The van der Waals surface area contributed by atoms with Gasteiger partial charge in [0, 0.05) is 0 Å². The van der Waals surface area contributed by atoms with E-state index in [-0.39, 0.29) is 77.2 Å². The number of halogens is 2. The maximum Gasteiger partial charge on any atom is 2.00 e. The first-order valence-electron chi connectivity index (χ1n) is 28.2. The van der Waals surface area contributed by atoms with E-state index < -0.39 is 0 Å². The molecular formula is C68H92Cl2Zr2-2. The van der Waals surface area contributed by atoms with Crippen LogP contribution in [-0.2, 0) is 78.1 Å². The molecule has 0 unspecified atom stereocenters. The van der Waals surface area contributed by atoms with Gasteiger partial charge in [-0.2, -0.15) is 24.3 Å². The van der Waals surface area contributed by atoms with Crippen molar-refractivity contribution in [1.82, 2.24) is 0 Å². The fourth-order valence-electron chi connectivity index (χ4n) is 10.1. The molecule has 0 amide bonds. The molecule has 0 radical (unpaired) electrons. The molecule has 0 fully saturated rings. The minimum Gasteiger partial charge on any atom is -1.00 e. The van der Waals surface area contributed by atoms with Crippen molar-refractivity contribution in [1.29, 1.82) is 0 Å². The summed E-state index contributed by atoms with van der Waals surface area (Å²) in [6, 6.07) is 53.1. The minimum absolute atomic E-state index is 0. The van der Waals surface area contributed by atoms with Crippen LogP contribution in [0.5, 0.6) is 0 Å². The molecular weight excluding hydrogens is 1070 g/mol. The SMILES string of the molecule is CCCCCCCC[c-]1ccc2ccccc21.CCCCCCCC[c-]1ccc2ccccc21.CCCCCCCC[c-]1ccc2ccccc21.CCCCCCCC[c-]1ccc2ccccc21.[Cl-].[Cl-].[Zr+2].[Zr+2]. The molecule has 0 aliphatic rings. The fraction of sp³-hybridized carbons (Fsp3) is 0.471. The number of aryl methyl sites for hydroxylation is 4. The Labute approximate surface area is 491 Å². The molecule has 0 nitrogen and oxygen atoms in total. The molecule has 0 N–H and O–H groups in total. The standard InChI is InChI=1S/4C17H23.2ClH.2Zr/c4*1-2-3-4-5-6-7-10-15-13-14-16-11-8-9-12-17(15)16;;;;/h4*8-9,11-14H,2-7,10H2,1H3;2*1H;;/q4*-1;;;2*+2/p-2. The monoisotopic (exact) mass is 1160 g/mol. The molecule has 0 atom stereocenters. The summed E-state index contributed by atoms with van der Waals surface area (Å²) in [5, 5.41) is 11.4. The zero-order chi connectivity index (χ0) is 47.7. The van der Waals surface area contributed by atoms with Gasteiger partial charge < -0.3 is 24.8 Å². The van der Waals surface area contributed by atoms with Gasteiger partial charge in [0.25, 0.3) is 0 Å². The van der Waals surface area contributed by atoms with Gasteiger partial charge in [-0.05, 0) is 0 Å². The topological polar surface area (TPSA) is 0 Å². The van der Waals surface area contributed by atoms with E-state index in [1.807, 2.05) is 0 Å². The number of unbranched alkanes of at least 4 members (excludes halogenated alkanes) is 20. The summed E-state index contributed by atoms with van der Waals surface area (Å²) in [4.78, 5) is 0. The normalized spacial score (nSPS) is 10.5. The van der Waals surface area contributed by atoms with Crippen molar-refractivity contribution in [3.63, 3.8) is 0 Å². The Hall–Kier alpha value is -2.33. The molecule has 0 saturated carbocycles. The number of fused-ring (bicyclic) bond motifs is 4. The summed E-state index contributed by atoms with van der Waals surface area (Å²) in [6.07, 6.45) is 38.2. The van der Waals surface area contributed by atoms with Gasteiger partial charge in [0.05, 0.1) is 0 Å². The molecule has 0 aromatic heterocycles. The molecule has 0 aliphatic heterocycles. The smallest absolute Gasteiger partial charge is 1.00 e. The van der Waals surface area contributed by atoms with E-state index in [9.17, 15) is 0 Å². The first-order valence-corrected chi connectivity index (χ1v) is 28.2. The van der Waals surface area contributed by atoms with Crippen molar-refractivity contribution in [3.05, 3.63) is 168 Å². The third-order valence-electron chi connectivity index (χ3n) is 14.3. The summed E-state index contributed by atoms with van der Waals surface area (Å²) in [6.45, 7) is 9.10. The van der Waals surface area contributed by atoms with E-state index in [2.05, 4.69) is 173 Å². The van der Waals surface area contributed by atoms with Crippen LogP contribution in [0.15, 0.2) is 146 Å². The Kier molecular flexibility index (Phi) is 40.3. The van der Waals surface area contributed by atoms with Crippen LogP contribution in [0.3, 0.4) is 0 Å². The Morgan fingerprint density at radius 2 is 0.417 bits per heavy atom. The van der Waals surface area contributed by atoms with Crippen LogP contribution in [0, 0.1) is 0 Å². The molecule has 8 aromatic rings. The molecule has 388 valence electrons. The first-order chi connectivity index (χ1) is 33.7. The van der Waals surface area contributed by atoms with Crippen LogP contribution in [-0.4, -0.2) is 0 Å². The fourth-order valence-corrected chi connectivity index (χ4v) is 10.1. The zero-order valence-electron chi connectivity index (χ0n) is 45.4. The maximum absolute atomic E-state index is 2.30. The Morgan fingerprint density at radius 1 is 0.236 bits per heavy atom. The predicted octanol–water partition coefficient (Wildman–Crippen LogP) is 15.8. The van der Waals surface area contributed by atoms with Crippen LogP contribution in [0.25, 0.3) is 43.1 Å². The van der Waals surface area contributed by atoms with Crippen molar-refractivity contribution in [2.45, 2.75) is 207 Å². The van der Waals surface area contributed by atoms with Crippen LogP contribution < -0.4 is 24.8 Å². The van der Waals surface area contributed by atoms with Crippen LogP contribution in [0.4, 0.5) is 0 Å². The van der Waals surface area contributed by atoms with Crippen molar-refractivity contribution >= 4 is 43.1 Å². The Balaban J connectivity index is 0.000000471. The van der Waals surface area contributed by atoms with E-state index in [4.69, 9.17) is 0 Å².